The summed E-state index contributed by atoms with van der Waals surface area (Å²) >= 11 is 0. The fourth-order valence-electron chi connectivity index (χ4n) is 2.61. The van der Waals surface area contributed by atoms with Crippen LogP contribution in [0, 0.1) is 5.41 Å². The van der Waals surface area contributed by atoms with Crippen molar-refractivity contribution in [2.45, 2.75) is 105 Å². The highest BCUT2D eigenvalue weighted by Gasteiger charge is 2.26. The summed E-state index contributed by atoms with van der Waals surface area (Å²) in [7, 11) is 0. The van der Waals surface area contributed by atoms with Crippen molar-refractivity contribution in [2.24, 2.45) is 5.41 Å². The molecule has 1 atom stereocenters. The Morgan fingerprint density at radius 1 is 0.833 bits per heavy atom. The molecular weight excluding hydrogens is 304 g/mol. The molecule has 142 valence electrons. The number of hydrogen-bond donors (Lipinski definition) is 0. The number of esters is 2. The molecule has 0 bridgehead atoms. The second-order valence-corrected chi connectivity index (χ2v) is 7.59. The molecule has 0 aliphatic rings. The van der Waals surface area contributed by atoms with E-state index in [2.05, 4.69) is 27.7 Å². The van der Waals surface area contributed by atoms with Crippen molar-refractivity contribution in [1.29, 1.82) is 0 Å². The van der Waals surface area contributed by atoms with Crippen LogP contribution in [0.4, 0.5) is 0 Å². The topological polar surface area (TPSA) is 52.6 Å². The van der Waals surface area contributed by atoms with Gasteiger partial charge in [-0.1, -0.05) is 66.7 Å². The van der Waals surface area contributed by atoms with Crippen molar-refractivity contribution in [3.05, 3.63) is 0 Å². The summed E-state index contributed by atoms with van der Waals surface area (Å²) in [5, 5.41) is 0. The van der Waals surface area contributed by atoms with E-state index in [9.17, 15) is 9.59 Å². The van der Waals surface area contributed by atoms with Gasteiger partial charge in [-0.2, -0.15) is 0 Å². The highest BCUT2D eigenvalue weighted by atomic mass is 16.5. The Hall–Kier alpha value is -1.06. The largest absolute Gasteiger partial charge is 0.466 e. The highest BCUT2D eigenvalue weighted by molar-refractivity contribution is 5.72. The third kappa shape index (κ3) is 12.4. The summed E-state index contributed by atoms with van der Waals surface area (Å²) in [5.74, 6) is -0.431. The Morgan fingerprint density at radius 2 is 1.42 bits per heavy atom. The van der Waals surface area contributed by atoms with Crippen LogP contribution in [0.15, 0.2) is 0 Å². The lowest BCUT2D eigenvalue weighted by Gasteiger charge is -2.29. The zero-order chi connectivity index (χ0) is 18.4. The molecule has 0 rings (SSSR count). The molecule has 1 unspecified atom stereocenters. The van der Waals surface area contributed by atoms with Crippen LogP contribution in [0.2, 0.25) is 0 Å². The molecule has 4 heteroatoms. The van der Waals surface area contributed by atoms with Gasteiger partial charge in [0.25, 0.3) is 0 Å². The first-order valence-electron chi connectivity index (χ1n) is 9.66. The number of rotatable bonds is 13. The standard InChI is InChI=1S/C20H38O4/c1-6-8-9-10-11-12-16-23-18(21)14-13-15-19(22)24-17(7-2)20(3,4)5/h17H,6-16H2,1-5H3. The van der Waals surface area contributed by atoms with Crippen LogP contribution >= 0.6 is 0 Å². The second kappa shape index (κ2) is 13.3. The maximum absolute atomic E-state index is 11.9. The van der Waals surface area contributed by atoms with Crippen LogP contribution in [0.5, 0.6) is 0 Å². The molecule has 0 radical (unpaired) electrons. The third-order valence-corrected chi connectivity index (χ3v) is 4.13. The lowest BCUT2D eigenvalue weighted by molar-refractivity contribution is -0.155. The Bertz CT molecular complexity index is 344. The van der Waals surface area contributed by atoms with E-state index in [1.165, 1.54) is 25.7 Å². The molecule has 0 saturated carbocycles. The van der Waals surface area contributed by atoms with E-state index in [1.54, 1.807) is 0 Å². The molecule has 0 amide bonds. The van der Waals surface area contributed by atoms with Gasteiger partial charge in [-0.15, -0.1) is 0 Å². The lowest BCUT2D eigenvalue weighted by Crippen LogP contribution is -2.31. The minimum atomic E-state index is -0.222. The van der Waals surface area contributed by atoms with Gasteiger partial charge >= 0.3 is 11.9 Å². The molecule has 0 N–H and O–H groups in total. The summed E-state index contributed by atoms with van der Waals surface area (Å²) in [6, 6.07) is 0. The van der Waals surface area contributed by atoms with Gasteiger partial charge in [-0.3, -0.25) is 9.59 Å². The maximum Gasteiger partial charge on any atom is 0.306 e. The first-order valence-corrected chi connectivity index (χ1v) is 9.66. The molecule has 0 aliphatic heterocycles. The van der Waals surface area contributed by atoms with Crippen molar-refractivity contribution in [2.75, 3.05) is 6.61 Å². The molecule has 0 aliphatic carbocycles. The van der Waals surface area contributed by atoms with Gasteiger partial charge in [-0.05, 0) is 24.7 Å². The summed E-state index contributed by atoms with van der Waals surface area (Å²) in [6.07, 6.45) is 8.83. The summed E-state index contributed by atoms with van der Waals surface area (Å²) < 4.78 is 10.7. The van der Waals surface area contributed by atoms with E-state index in [1.807, 2.05) is 6.92 Å². The van der Waals surface area contributed by atoms with E-state index in [-0.39, 0.29) is 36.3 Å². The van der Waals surface area contributed by atoms with Gasteiger partial charge in [0.1, 0.15) is 6.10 Å². The van der Waals surface area contributed by atoms with Gasteiger partial charge in [0.05, 0.1) is 6.61 Å². The Balaban J connectivity index is 3.68. The monoisotopic (exact) mass is 342 g/mol. The number of ether oxygens (including phenoxy) is 2. The quantitative estimate of drug-likeness (QED) is 0.331. The van der Waals surface area contributed by atoms with Crippen molar-refractivity contribution < 1.29 is 19.1 Å². The molecule has 0 aromatic carbocycles. The predicted octanol–water partition coefficient (Wildman–Crippen LogP) is 5.43. The van der Waals surface area contributed by atoms with Crippen LogP contribution in [0.1, 0.15) is 98.8 Å². The van der Waals surface area contributed by atoms with Crippen molar-refractivity contribution in [3.63, 3.8) is 0 Å². The molecular formula is C20H38O4. The van der Waals surface area contributed by atoms with E-state index in [0.717, 1.165) is 19.3 Å². The van der Waals surface area contributed by atoms with Crippen LogP contribution < -0.4 is 0 Å². The third-order valence-electron chi connectivity index (χ3n) is 4.13. The molecule has 0 aromatic rings. The second-order valence-electron chi connectivity index (χ2n) is 7.59. The Labute approximate surface area is 148 Å². The van der Waals surface area contributed by atoms with E-state index >= 15 is 0 Å². The Morgan fingerprint density at radius 3 is 2.00 bits per heavy atom. The van der Waals surface area contributed by atoms with Crippen molar-refractivity contribution in [3.8, 4) is 0 Å². The molecule has 0 fully saturated rings. The number of hydrogen-bond acceptors (Lipinski definition) is 4. The van der Waals surface area contributed by atoms with Crippen LogP contribution in [0.3, 0.4) is 0 Å². The molecule has 0 saturated heterocycles. The van der Waals surface area contributed by atoms with Crippen LogP contribution in [-0.4, -0.2) is 24.6 Å². The molecule has 0 aromatic heterocycles. The van der Waals surface area contributed by atoms with Crippen molar-refractivity contribution >= 4 is 11.9 Å². The minimum absolute atomic E-state index is 0.0551. The van der Waals surface area contributed by atoms with Crippen molar-refractivity contribution in [1.82, 2.24) is 0 Å². The van der Waals surface area contributed by atoms with Gasteiger partial charge in [0, 0.05) is 12.8 Å². The van der Waals surface area contributed by atoms with E-state index in [0.29, 0.717) is 13.0 Å². The van der Waals surface area contributed by atoms with E-state index < -0.39 is 0 Å². The SMILES string of the molecule is CCCCCCCCOC(=O)CCCC(=O)OC(CC)C(C)(C)C. The first kappa shape index (κ1) is 22.9. The highest BCUT2D eigenvalue weighted by Crippen LogP contribution is 2.25. The zero-order valence-corrected chi connectivity index (χ0v) is 16.5. The lowest BCUT2D eigenvalue weighted by atomic mass is 9.87. The Kier molecular flexibility index (Phi) is 12.7. The fraction of sp³-hybridized carbons (Fsp3) is 0.900. The predicted molar refractivity (Wildman–Crippen MR) is 97.8 cm³/mol. The normalized spacial score (nSPS) is 12.7. The summed E-state index contributed by atoms with van der Waals surface area (Å²) in [4.78, 5) is 23.5. The first-order chi connectivity index (χ1) is 11.3. The average molecular weight is 343 g/mol. The zero-order valence-electron chi connectivity index (χ0n) is 16.5. The van der Waals surface area contributed by atoms with Gasteiger partial charge < -0.3 is 9.47 Å². The van der Waals surface area contributed by atoms with Crippen LogP contribution in [0.25, 0.3) is 0 Å². The maximum atomic E-state index is 11.9. The molecule has 24 heavy (non-hydrogen) atoms. The molecule has 0 spiro atoms. The number of carbonyl (C=O) groups excluding carboxylic acids is 2. The number of carbonyl (C=O) groups is 2. The van der Waals surface area contributed by atoms with Crippen LogP contribution in [-0.2, 0) is 19.1 Å². The molecule has 0 heterocycles. The summed E-state index contributed by atoms with van der Waals surface area (Å²) in [6.45, 7) is 10.9. The van der Waals surface area contributed by atoms with E-state index in [4.69, 9.17) is 9.47 Å². The van der Waals surface area contributed by atoms with Gasteiger partial charge in [0.15, 0.2) is 0 Å². The van der Waals surface area contributed by atoms with Gasteiger partial charge in [-0.25, -0.2) is 0 Å². The van der Waals surface area contributed by atoms with Gasteiger partial charge in [0.2, 0.25) is 0 Å². The average Bonchev–Trinajstić information content (AvgIpc) is 2.50. The molecule has 4 nitrogen and oxygen atoms in total. The summed E-state index contributed by atoms with van der Waals surface area (Å²) in [5.41, 5.74) is -0.0551. The smallest absolute Gasteiger partial charge is 0.306 e. The minimum Gasteiger partial charge on any atom is -0.466 e. The number of unbranched alkanes of at least 4 members (excludes halogenated alkanes) is 5. The fourth-order valence-corrected chi connectivity index (χ4v) is 2.61.